The lowest BCUT2D eigenvalue weighted by Gasteiger charge is -2.34. The van der Waals surface area contributed by atoms with E-state index >= 15 is 0 Å². The first-order valence-corrected chi connectivity index (χ1v) is 10.3. The second-order valence-corrected chi connectivity index (χ2v) is 8.51. The number of hydrogen-bond acceptors (Lipinski definition) is 4. The summed E-state index contributed by atoms with van der Waals surface area (Å²) < 4.78 is 27.1. The lowest BCUT2D eigenvalue weighted by atomic mass is 10.1. The number of nitriles is 1. The molecule has 2 aromatic carbocycles. The fourth-order valence-electron chi connectivity index (χ4n) is 3.10. The molecule has 0 unspecified atom stereocenters. The fourth-order valence-corrected chi connectivity index (χ4v) is 4.89. The van der Waals surface area contributed by atoms with Gasteiger partial charge in [0.2, 0.25) is 10.0 Å². The van der Waals surface area contributed by atoms with E-state index in [1.54, 1.807) is 12.1 Å². The molecule has 3 rings (SSSR count). The van der Waals surface area contributed by atoms with Crippen LogP contribution in [0, 0.1) is 11.3 Å². The molecule has 0 spiro atoms. The van der Waals surface area contributed by atoms with E-state index in [2.05, 4.69) is 4.90 Å². The Bertz CT molecular complexity index is 916. The van der Waals surface area contributed by atoms with Crippen LogP contribution in [-0.2, 0) is 16.4 Å². The number of piperazine rings is 1. The average Bonchev–Trinajstić information content (AvgIpc) is 2.67. The van der Waals surface area contributed by atoms with Gasteiger partial charge in [0, 0.05) is 37.7 Å². The Morgan fingerprint density at radius 1 is 1.00 bits per heavy atom. The van der Waals surface area contributed by atoms with Crippen molar-refractivity contribution in [2.24, 2.45) is 0 Å². The number of nitrogens with zero attached hydrogens (tertiary/aromatic N) is 3. The van der Waals surface area contributed by atoms with Gasteiger partial charge in [-0.2, -0.15) is 9.57 Å². The van der Waals surface area contributed by atoms with E-state index in [4.69, 9.17) is 11.6 Å². The van der Waals surface area contributed by atoms with Gasteiger partial charge in [0.25, 0.3) is 0 Å². The maximum absolute atomic E-state index is 12.8. The Hall–Kier alpha value is -1.91. The molecule has 1 fully saturated rings. The molecular weight excluding hydrogens is 370 g/mol. The molecule has 0 atom stereocenters. The summed E-state index contributed by atoms with van der Waals surface area (Å²) in [5.41, 5.74) is 1.29. The molecule has 0 aromatic heterocycles. The van der Waals surface area contributed by atoms with Gasteiger partial charge in [-0.1, -0.05) is 41.9 Å². The Labute approximate surface area is 159 Å². The second-order valence-electron chi connectivity index (χ2n) is 6.20. The SMILES string of the molecule is N#Cc1ccccc1S(=O)(=O)N1CCN(CCc2ccccc2Cl)CC1. The minimum Gasteiger partial charge on any atom is -0.300 e. The third-order valence-corrected chi connectivity index (χ3v) is 6.94. The Balaban J connectivity index is 1.61. The van der Waals surface area contributed by atoms with Crippen LogP contribution >= 0.6 is 11.6 Å². The van der Waals surface area contributed by atoms with Crippen molar-refractivity contribution in [2.75, 3.05) is 32.7 Å². The van der Waals surface area contributed by atoms with Gasteiger partial charge < -0.3 is 4.90 Å². The molecule has 1 heterocycles. The topological polar surface area (TPSA) is 64.4 Å². The summed E-state index contributed by atoms with van der Waals surface area (Å²) in [6, 6.07) is 16.1. The van der Waals surface area contributed by atoms with Gasteiger partial charge >= 0.3 is 0 Å². The highest BCUT2D eigenvalue weighted by Gasteiger charge is 2.30. The smallest absolute Gasteiger partial charge is 0.244 e. The summed E-state index contributed by atoms with van der Waals surface area (Å²) in [4.78, 5) is 2.33. The van der Waals surface area contributed by atoms with Gasteiger partial charge in [0.1, 0.15) is 6.07 Å². The number of halogens is 1. The van der Waals surface area contributed by atoms with E-state index in [0.717, 1.165) is 23.6 Å². The van der Waals surface area contributed by atoms with E-state index in [0.29, 0.717) is 26.2 Å². The second kappa shape index (κ2) is 8.19. The van der Waals surface area contributed by atoms with Crippen LogP contribution in [0.2, 0.25) is 5.02 Å². The number of sulfonamides is 1. The Morgan fingerprint density at radius 3 is 2.35 bits per heavy atom. The number of hydrogen-bond donors (Lipinski definition) is 0. The zero-order chi connectivity index (χ0) is 18.6. The maximum Gasteiger partial charge on any atom is 0.244 e. The molecule has 0 bridgehead atoms. The van der Waals surface area contributed by atoms with Crippen LogP contribution in [0.5, 0.6) is 0 Å². The van der Waals surface area contributed by atoms with Gasteiger partial charge in [-0.25, -0.2) is 8.42 Å². The molecule has 7 heteroatoms. The van der Waals surface area contributed by atoms with E-state index in [1.165, 1.54) is 16.4 Å². The molecule has 2 aromatic rings. The molecule has 0 amide bonds. The molecule has 0 N–H and O–H groups in total. The van der Waals surface area contributed by atoms with E-state index in [9.17, 15) is 13.7 Å². The molecule has 0 saturated carbocycles. The highest BCUT2D eigenvalue weighted by Crippen LogP contribution is 2.21. The predicted molar refractivity (Wildman–Crippen MR) is 102 cm³/mol. The standard InChI is InChI=1S/C19H20ClN3O2S/c20-18-7-3-1-5-16(18)9-10-22-11-13-23(14-12-22)26(24,25)19-8-4-2-6-17(19)15-21/h1-8H,9-14H2. The third-order valence-electron chi connectivity index (χ3n) is 4.61. The van der Waals surface area contributed by atoms with Crippen molar-refractivity contribution in [3.63, 3.8) is 0 Å². The molecule has 0 radical (unpaired) electrons. The Kier molecular flexibility index (Phi) is 5.94. The highest BCUT2D eigenvalue weighted by molar-refractivity contribution is 7.89. The van der Waals surface area contributed by atoms with Gasteiger partial charge in [-0.05, 0) is 30.2 Å². The van der Waals surface area contributed by atoms with Crippen LogP contribution in [-0.4, -0.2) is 50.3 Å². The van der Waals surface area contributed by atoms with Crippen LogP contribution < -0.4 is 0 Å². The lowest BCUT2D eigenvalue weighted by Crippen LogP contribution is -2.49. The van der Waals surface area contributed by atoms with Crippen molar-refractivity contribution in [2.45, 2.75) is 11.3 Å². The molecule has 136 valence electrons. The van der Waals surface area contributed by atoms with Crippen molar-refractivity contribution in [1.82, 2.24) is 9.21 Å². The van der Waals surface area contributed by atoms with Crippen LogP contribution in [0.4, 0.5) is 0 Å². The number of rotatable bonds is 5. The summed E-state index contributed by atoms with van der Waals surface area (Å²) in [7, 11) is -3.64. The minimum absolute atomic E-state index is 0.0898. The fraction of sp³-hybridized carbons (Fsp3) is 0.316. The van der Waals surface area contributed by atoms with Gasteiger partial charge in [-0.15, -0.1) is 0 Å². The first-order chi connectivity index (χ1) is 12.5. The monoisotopic (exact) mass is 389 g/mol. The quantitative estimate of drug-likeness (QED) is 0.788. The third kappa shape index (κ3) is 4.08. The van der Waals surface area contributed by atoms with Crippen molar-refractivity contribution >= 4 is 21.6 Å². The molecule has 0 aliphatic carbocycles. The van der Waals surface area contributed by atoms with Crippen LogP contribution in [0.1, 0.15) is 11.1 Å². The number of benzene rings is 2. The summed E-state index contributed by atoms with van der Waals surface area (Å²) in [6.07, 6.45) is 0.837. The van der Waals surface area contributed by atoms with Crippen LogP contribution in [0.15, 0.2) is 53.4 Å². The van der Waals surface area contributed by atoms with Crippen molar-refractivity contribution in [1.29, 1.82) is 5.26 Å². The normalized spacial score (nSPS) is 16.3. The van der Waals surface area contributed by atoms with Gasteiger partial charge in [-0.3, -0.25) is 0 Å². The largest absolute Gasteiger partial charge is 0.300 e. The van der Waals surface area contributed by atoms with Crippen LogP contribution in [0.25, 0.3) is 0 Å². The first kappa shape index (κ1) is 18.9. The Morgan fingerprint density at radius 2 is 1.65 bits per heavy atom. The summed E-state index contributed by atoms with van der Waals surface area (Å²) in [5.74, 6) is 0. The molecular formula is C19H20ClN3O2S. The summed E-state index contributed by atoms with van der Waals surface area (Å²) in [6.45, 7) is 3.01. The first-order valence-electron chi connectivity index (χ1n) is 8.47. The van der Waals surface area contributed by atoms with Gasteiger partial charge in [0.05, 0.1) is 10.5 Å². The van der Waals surface area contributed by atoms with Crippen molar-refractivity contribution in [3.05, 3.63) is 64.7 Å². The van der Waals surface area contributed by atoms with Crippen molar-refractivity contribution in [3.8, 4) is 6.07 Å². The molecule has 26 heavy (non-hydrogen) atoms. The van der Waals surface area contributed by atoms with E-state index in [1.807, 2.05) is 30.3 Å². The summed E-state index contributed by atoms with van der Waals surface area (Å²) in [5, 5.41) is 9.94. The van der Waals surface area contributed by atoms with Crippen molar-refractivity contribution < 1.29 is 8.42 Å². The lowest BCUT2D eigenvalue weighted by molar-refractivity contribution is 0.190. The zero-order valence-corrected chi connectivity index (χ0v) is 15.9. The molecule has 1 aliphatic heterocycles. The zero-order valence-electron chi connectivity index (χ0n) is 14.3. The summed E-state index contributed by atoms with van der Waals surface area (Å²) >= 11 is 6.19. The molecule has 1 saturated heterocycles. The van der Waals surface area contributed by atoms with Crippen LogP contribution in [0.3, 0.4) is 0 Å². The molecule has 1 aliphatic rings. The molecule has 5 nitrogen and oxygen atoms in total. The minimum atomic E-state index is -3.64. The highest BCUT2D eigenvalue weighted by atomic mass is 35.5. The van der Waals surface area contributed by atoms with Gasteiger partial charge in [0.15, 0.2) is 0 Å². The average molecular weight is 390 g/mol. The maximum atomic E-state index is 12.8. The van der Waals surface area contributed by atoms with E-state index < -0.39 is 10.0 Å². The van der Waals surface area contributed by atoms with E-state index in [-0.39, 0.29) is 10.5 Å². The predicted octanol–water partition coefficient (Wildman–Crippen LogP) is 2.76.